The Bertz CT molecular complexity index is 348. The van der Waals surface area contributed by atoms with Crippen LogP contribution in [-0.4, -0.2) is 20.3 Å². The van der Waals surface area contributed by atoms with E-state index >= 15 is 0 Å². The average molecular weight is 207 g/mol. The van der Waals surface area contributed by atoms with Crippen LogP contribution in [0.2, 0.25) is 0 Å². The maximum atomic E-state index is 8.61. The molecule has 0 bridgehead atoms. The van der Waals surface area contributed by atoms with Gasteiger partial charge in [0.1, 0.15) is 23.3 Å². The Morgan fingerprint density at radius 1 is 1.07 bits per heavy atom. The van der Waals surface area contributed by atoms with Crippen LogP contribution in [0.3, 0.4) is 0 Å². The Morgan fingerprint density at radius 3 is 1.93 bits per heavy atom. The lowest BCUT2D eigenvalue weighted by atomic mass is 10.3. The maximum Gasteiger partial charge on any atom is 0.181 e. The molecule has 15 heavy (non-hydrogen) atoms. The minimum Gasteiger partial charge on any atom is -0.496 e. The van der Waals surface area contributed by atoms with Crippen LogP contribution in [0.25, 0.3) is 0 Å². The van der Waals surface area contributed by atoms with Crippen LogP contribution in [0, 0.1) is 11.3 Å². The van der Waals surface area contributed by atoms with Gasteiger partial charge in [0.05, 0.1) is 14.2 Å². The molecule has 4 nitrogen and oxygen atoms in total. The zero-order valence-electron chi connectivity index (χ0n) is 8.98. The van der Waals surface area contributed by atoms with Crippen molar-refractivity contribution in [2.75, 3.05) is 14.2 Å². The zero-order chi connectivity index (χ0) is 11.3. The molecule has 1 rings (SSSR count). The van der Waals surface area contributed by atoms with Crippen LogP contribution >= 0.6 is 0 Å². The predicted octanol–water partition coefficient (Wildman–Crippen LogP) is 1.99. The molecule has 80 valence electrons. The van der Waals surface area contributed by atoms with E-state index in [1.807, 2.05) is 6.07 Å². The van der Waals surface area contributed by atoms with Crippen LogP contribution in [0.1, 0.15) is 6.92 Å². The molecule has 0 aliphatic heterocycles. The highest BCUT2D eigenvalue weighted by Gasteiger charge is 2.06. The van der Waals surface area contributed by atoms with Crippen molar-refractivity contribution in [2.45, 2.75) is 13.0 Å². The largest absolute Gasteiger partial charge is 0.496 e. The SMILES string of the molecule is COc1cc(OC)cc(OC(C)C#N)c1. The summed E-state index contributed by atoms with van der Waals surface area (Å²) in [6, 6.07) is 7.13. The minimum absolute atomic E-state index is 0.498. The van der Waals surface area contributed by atoms with Gasteiger partial charge in [-0.25, -0.2) is 0 Å². The van der Waals surface area contributed by atoms with Crippen molar-refractivity contribution < 1.29 is 14.2 Å². The van der Waals surface area contributed by atoms with Crippen molar-refractivity contribution in [1.29, 1.82) is 5.26 Å². The molecule has 0 amide bonds. The van der Waals surface area contributed by atoms with Gasteiger partial charge in [-0.15, -0.1) is 0 Å². The van der Waals surface area contributed by atoms with E-state index in [9.17, 15) is 0 Å². The Balaban J connectivity index is 2.92. The molecule has 1 aromatic carbocycles. The Kier molecular flexibility index (Phi) is 3.81. The van der Waals surface area contributed by atoms with E-state index < -0.39 is 6.10 Å². The molecule has 4 heteroatoms. The van der Waals surface area contributed by atoms with Crippen molar-refractivity contribution in [1.82, 2.24) is 0 Å². The van der Waals surface area contributed by atoms with E-state index in [-0.39, 0.29) is 0 Å². The van der Waals surface area contributed by atoms with E-state index in [2.05, 4.69) is 0 Å². The second-order valence-corrected chi connectivity index (χ2v) is 2.94. The summed E-state index contributed by atoms with van der Waals surface area (Å²) in [4.78, 5) is 0. The number of hydrogen-bond acceptors (Lipinski definition) is 4. The van der Waals surface area contributed by atoms with E-state index in [0.717, 1.165) is 0 Å². The molecule has 1 atom stereocenters. The summed E-state index contributed by atoms with van der Waals surface area (Å²) < 4.78 is 15.5. The first kappa shape index (κ1) is 11.2. The van der Waals surface area contributed by atoms with Crippen molar-refractivity contribution in [3.63, 3.8) is 0 Å². The normalized spacial score (nSPS) is 11.3. The fourth-order valence-electron chi connectivity index (χ4n) is 1.08. The topological polar surface area (TPSA) is 51.5 Å². The third-order valence-electron chi connectivity index (χ3n) is 1.82. The molecule has 0 saturated carbocycles. The van der Waals surface area contributed by atoms with Gasteiger partial charge in [0.2, 0.25) is 0 Å². The van der Waals surface area contributed by atoms with Gasteiger partial charge >= 0.3 is 0 Å². The van der Waals surface area contributed by atoms with Crippen LogP contribution in [0.15, 0.2) is 18.2 Å². The molecule has 1 aromatic rings. The van der Waals surface area contributed by atoms with Crippen molar-refractivity contribution in [3.8, 4) is 23.3 Å². The lowest BCUT2D eigenvalue weighted by Crippen LogP contribution is -2.08. The van der Waals surface area contributed by atoms with Crippen LogP contribution < -0.4 is 14.2 Å². The molecule has 0 fully saturated rings. The maximum absolute atomic E-state index is 8.61. The number of rotatable bonds is 4. The van der Waals surface area contributed by atoms with Gasteiger partial charge in [-0.3, -0.25) is 0 Å². The fraction of sp³-hybridized carbons (Fsp3) is 0.364. The van der Waals surface area contributed by atoms with Crippen LogP contribution in [0.5, 0.6) is 17.2 Å². The second-order valence-electron chi connectivity index (χ2n) is 2.94. The third kappa shape index (κ3) is 3.06. The first-order valence-corrected chi connectivity index (χ1v) is 4.49. The lowest BCUT2D eigenvalue weighted by Gasteiger charge is -2.10. The number of nitrogens with zero attached hydrogens (tertiary/aromatic N) is 1. The second kappa shape index (κ2) is 5.11. The predicted molar refractivity (Wildman–Crippen MR) is 55.2 cm³/mol. The van der Waals surface area contributed by atoms with Crippen molar-refractivity contribution in [2.24, 2.45) is 0 Å². The Labute approximate surface area is 89.0 Å². The minimum atomic E-state index is -0.498. The Hall–Kier alpha value is -1.89. The fourth-order valence-corrected chi connectivity index (χ4v) is 1.08. The molecule has 0 spiro atoms. The number of methoxy groups -OCH3 is 2. The standard InChI is InChI=1S/C11H13NO3/c1-8(7-12)15-11-5-9(13-2)4-10(6-11)14-3/h4-6,8H,1-3H3. The van der Waals surface area contributed by atoms with E-state index in [1.165, 1.54) is 0 Å². The van der Waals surface area contributed by atoms with Gasteiger partial charge in [-0.2, -0.15) is 5.26 Å². The molecule has 0 N–H and O–H groups in total. The average Bonchev–Trinajstić information content (AvgIpc) is 2.28. The van der Waals surface area contributed by atoms with Crippen molar-refractivity contribution in [3.05, 3.63) is 18.2 Å². The number of ether oxygens (including phenoxy) is 3. The van der Waals surface area contributed by atoms with Crippen molar-refractivity contribution >= 4 is 0 Å². The van der Waals surface area contributed by atoms with Gasteiger partial charge in [0.15, 0.2) is 6.10 Å². The summed E-state index contributed by atoms with van der Waals surface area (Å²) >= 11 is 0. The Morgan fingerprint density at radius 2 is 1.53 bits per heavy atom. The lowest BCUT2D eigenvalue weighted by molar-refractivity contribution is 0.272. The number of hydrogen-bond donors (Lipinski definition) is 0. The number of benzene rings is 1. The van der Waals surface area contributed by atoms with Gasteiger partial charge in [-0.1, -0.05) is 0 Å². The molecule has 0 saturated heterocycles. The van der Waals surface area contributed by atoms with E-state index in [0.29, 0.717) is 17.2 Å². The van der Waals surface area contributed by atoms with Crippen LogP contribution in [0.4, 0.5) is 0 Å². The van der Waals surface area contributed by atoms with Gasteiger partial charge in [-0.05, 0) is 6.92 Å². The highest BCUT2D eigenvalue weighted by atomic mass is 16.5. The van der Waals surface area contributed by atoms with E-state index in [1.54, 1.807) is 39.3 Å². The summed E-state index contributed by atoms with van der Waals surface area (Å²) in [6.07, 6.45) is -0.498. The van der Waals surface area contributed by atoms with Gasteiger partial charge < -0.3 is 14.2 Å². The zero-order valence-corrected chi connectivity index (χ0v) is 8.98. The molecular weight excluding hydrogens is 194 g/mol. The third-order valence-corrected chi connectivity index (χ3v) is 1.82. The van der Waals surface area contributed by atoms with Gasteiger partial charge in [0, 0.05) is 18.2 Å². The summed E-state index contributed by atoms with van der Waals surface area (Å²) in [5.41, 5.74) is 0. The van der Waals surface area contributed by atoms with Crippen LogP contribution in [-0.2, 0) is 0 Å². The number of nitriles is 1. The van der Waals surface area contributed by atoms with Gasteiger partial charge in [0.25, 0.3) is 0 Å². The summed E-state index contributed by atoms with van der Waals surface area (Å²) in [7, 11) is 3.12. The first-order chi connectivity index (χ1) is 7.19. The van der Waals surface area contributed by atoms with E-state index in [4.69, 9.17) is 19.5 Å². The molecular formula is C11H13NO3. The quantitative estimate of drug-likeness (QED) is 0.757. The molecule has 1 unspecified atom stereocenters. The molecule has 0 radical (unpaired) electrons. The highest BCUT2D eigenvalue weighted by molar-refractivity contribution is 5.42. The molecule has 0 aromatic heterocycles. The smallest absolute Gasteiger partial charge is 0.181 e. The monoisotopic (exact) mass is 207 g/mol. The highest BCUT2D eigenvalue weighted by Crippen LogP contribution is 2.27. The first-order valence-electron chi connectivity index (χ1n) is 4.49. The molecule has 0 aliphatic rings. The summed E-state index contributed by atoms with van der Waals surface area (Å²) in [5.74, 6) is 1.82. The summed E-state index contributed by atoms with van der Waals surface area (Å²) in [5, 5.41) is 8.61. The molecule has 0 heterocycles. The summed E-state index contributed by atoms with van der Waals surface area (Å²) in [6.45, 7) is 1.67. The molecule has 0 aliphatic carbocycles.